The van der Waals surface area contributed by atoms with E-state index in [1.807, 2.05) is 6.92 Å². The van der Waals surface area contributed by atoms with Crippen molar-refractivity contribution in [2.24, 2.45) is 0 Å². The number of urea groups is 1. The van der Waals surface area contributed by atoms with Gasteiger partial charge in [0.05, 0.1) is 0 Å². The predicted octanol–water partition coefficient (Wildman–Crippen LogP) is 1.05. The molecule has 0 aliphatic rings. The molecule has 1 rings (SSSR count). The summed E-state index contributed by atoms with van der Waals surface area (Å²) in [7, 11) is 0. The highest BCUT2D eigenvalue weighted by Gasteiger charge is 1.98. The number of rotatable bonds is 6. The largest absolute Gasteiger partial charge is 0.349 e. The number of carbonyl (C=O) groups excluding carboxylic acids is 1. The molecule has 1 heterocycles. The van der Waals surface area contributed by atoms with E-state index in [2.05, 4.69) is 20.6 Å². The van der Waals surface area contributed by atoms with E-state index in [1.54, 1.807) is 12.4 Å². The molecule has 0 saturated heterocycles. The van der Waals surface area contributed by atoms with E-state index in [0.29, 0.717) is 6.54 Å². The summed E-state index contributed by atoms with van der Waals surface area (Å²) in [5.41, 5.74) is 0. The zero-order valence-corrected chi connectivity index (χ0v) is 9.05. The molecule has 2 amide bonds. The van der Waals surface area contributed by atoms with Gasteiger partial charge in [0.25, 0.3) is 0 Å². The van der Waals surface area contributed by atoms with Crippen LogP contribution in [0.15, 0.2) is 12.4 Å². The second-order valence-corrected chi connectivity index (χ2v) is 3.32. The van der Waals surface area contributed by atoms with Crippen LogP contribution >= 0.6 is 0 Å². The quantitative estimate of drug-likeness (QED) is 0.614. The Kier molecular flexibility index (Phi) is 5.29. The maximum absolute atomic E-state index is 11.1. The van der Waals surface area contributed by atoms with E-state index < -0.39 is 0 Å². The van der Waals surface area contributed by atoms with Gasteiger partial charge in [0.1, 0.15) is 5.82 Å². The third-order valence-electron chi connectivity index (χ3n) is 1.97. The van der Waals surface area contributed by atoms with Crippen molar-refractivity contribution >= 4 is 6.03 Å². The highest BCUT2D eigenvalue weighted by Crippen LogP contribution is 1.92. The first-order chi connectivity index (χ1) is 7.33. The fraction of sp³-hybridized carbons (Fsp3) is 0.600. The van der Waals surface area contributed by atoms with Gasteiger partial charge in [0, 0.05) is 31.9 Å². The van der Waals surface area contributed by atoms with Gasteiger partial charge in [-0.05, 0) is 12.8 Å². The Morgan fingerprint density at radius 3 is 2.93 bits per heavy atom. The van der Waals surface area contributed by atoms with Crippen LogP contribution in [0.4, 0.5) is 4.79 Å². The van der Waals surface area contributed by atoms with Crippen LogP contribution in [0.5, 0.6) is 0 Å². The first kappa shape index (κ1) is 11.6. The normalized spacial score (nSPS) is 9.93. The van der Waals surface area contributed by atoms with Crippen molar-refractivity contribution in [3.8, 4) is 0 Å². The Morgan fingerprint density at radius 1 is 1.47 bits per heavy atom. The smallest absolute Gasteiger partial charge is 0.314 e. The van der Waals surface area contributed by atoms with Crippen LogP contribution in [0.25, 0.3) is 0 Å². The molecule has 0 aliphatic carbocycles. The molecule has 1 aromatic heterocycles. The molecular weight excluding hydrogens is 192 g/mol. The number of H-pyrrole nitrogens is 1. The molecule has 0 saturated carbocycles. The summed E-state index contributed by atoms with van der Waals surface area (Å²) in [5.74, 6) is 0.964. The first-order valence-electron chi connectivity index (χ1n) is 5.33. The van der Waals surface area contributed by atoms with Crippen LogP contribution in [-0.2, 0) is 6.42 Å². The molecule has 0 atom stereocenters. The molecule has 0 radical (unpaired) electrons. The third kappa shape index (κ3) is 5.05. The van der Waals surface area contributed by atoms with Crippen LogP contribution in [0.1, 0.15) is 25.6 Å². The van der Waals surface area contributed by atoms with Crippen molar-refractivity contribution in [3.63, 3.8) is 0 Å². The number of hydrogen-bond donors (Lipinski definition) is 3. The van der Waals surface area contributed by atoms with Gasteiger partial charge in [-0.2, -0.15) is 0 Å². The molecule has 5 nitrogen and oxygen atoms in total. The van der Waals surface area contributed by atoms with E-state index in [9.17, 15) is 4.79 Å². The standard InChI is InChI=1S/C10H18N4O/c1-2-5-13-10(15)14-6-3-4-9-11-7-8-12-9/h7-8H,2-6H2,1H3,(H,11,12)(H2,13,14,15). The fourth-order valence-corrected chi connectivity index (χ4v) is 1.19. The lowest BCUT2D eigenvalue weighted by Gasteiger charge is -2.05. The predicted molar refractivity (Wildman–Crippen MR) is 58.6 cm³/mol. The van der Waals surface area contributed by atoms with Gasteiger partial charge < -0.3 is 15.6 Å². The van der Waals surface area contributed by atoms with E-state index >= 15 is 0 Å². The van der Waals surface area contributed by atoms with Crippen LogP contribution in [0.3, 0.4) is 0 Å². The average molecular weight is 210 g/mol. The van der Waals surface area contributed by atoms with Crippen molar-refractivity contribution < 1.29 is 4.79 Å². The molecule has 0 fully saturated rings. The maximum atomic E-state index is 11.1. The van der Waals surface area contributed by atoms with Gasteiger partial charge in [-0.25, -0.2) is 9.78 Å². The molecule has 0 bridgehead atoms. The lowest BCUT2D eigenvalue weighted by molar-refractivity contribution is 0.241. The van der Waals surface area contributed by atoms with E-state index in [-0.39, 0.29) is 6.03 Å². The molecule has 0 aromatic carbocycles. The minimum atomic E-state index is -0.0868. The monoisotopic (exact) mass is 210 g/mol. The second kappa shape index (κ2) is 6.86. The number of nitrogens with zero attached hydrogens (tertiary/aromatic N) is 1. The number of carbonyl (C=O) groups is 1. The molecule has 0 spiro atoms. The SMILES string of the molecule is CCCNC(=O)NCCCc1ncc[nH]1. The molecule has 0 aliphatic heterocycles. The topological polar surface area (TPSA) is 69.8 Å². The van der Waals surface area contributed by atoms with Gasteiger partial charge in [-0.3, -0.25) is 0 Å². The Morgan fingerprint density at radius 2 is 2.27 bits per heavy atom. The minimum Gasteiger partial charge on any atom is -0.349 e. The van der Waals surface area contributed by atoms with E-state index in [4.69, 9.17) is 0 Å². The number of nitrogens with one attached hydrogen (secondary N) is 3. The van der Waals surface area contributed by atoms with Gasteiger partial charge in [-0.1, -0.05) is 6.92 Å². The number of amides is 2. The highest BCUT2D eigenvalue weighted by atomic mass is 16.2. The van der Waals surface area contributed by atoms with Gasteiger partial charge in [0.2, 0.25) is 0 Å². The average Bonchev–Trinajstić information content (AvgIpc) is 2.74. The Labute approximate surface area is 89.7 Å². The number of aromatic amines is 1. The summed E-state index contributed by atoms with van der Waals surface area (Å²) in [5, 5.41) is 5.54. The maximum Gasteiger partial charge on any atom is 0.314 e. The van der Waals surface area contributed by atoms with Crippen molar-refractivity contribution in [1.82, 2.24) is 20.6 Å². The van der Waals surface area contributed by atoms with Gasteiger partial charge >= 0.3 is 6.03 Å². The third-order valence-corrected chi connectivity index (χ3v) is 1.97. The number of aryl methyl sites for hydroxylation is 1. The zero-order valence-electron chi connectivity index (χ0n) is 9.05. The number of aromatic nitrogens is 2. The molecule has 15 heavy (non-hydrogen) atoms. The molecule has 5 heteroatoms. The van der Waals surface area contributed by atoms with Gasteiger partial charge in [-0.15, -0.1) is 0 Å². The lowest BCUT2D eigenvalue weighted by Crippen LogP contribution is -2.36. The molecule has 84 valence electrons. The second-order valence-electron chi connectivity index (χ2n) is 3.32. The molecule has 1 aromatic rings. The van der Waals surface area contributed by atoms with Crippen LogP contribution in [-0.4, -0.2) is 29.1 Å². The van der Waals surface area contributed by atoms with Crippen molar-refractivity contribution in [3.05, 3.63) is 18.2 Å². The summed E-state index contributed by atoms with van der Waals surface area (Å²) in [6, 6.07) is -0.0868. The Balaban J connectivity index is 1.99. The highest BCUT2D eigenvalue weighted by molar-refractivity contribution is 5.73. The van der Waals surface area contributed by atoms with E-state index in [1.165, 1.54) is 0 Å². The zero-order chi connectivity index (χ0) is 10.9. The van der Waals surface area contributed by atoms with Crippen molar-refractivity contribution in [2.75, 3.05) is 13.1 Å². The Bertz CT molecular complexity index is 271. The summed E-state index contributed by atoms with van der Waals surface area (Å²) in [6.07, 6.45) is 6.25. The van der Waals surface area contributed by atoms with Crippen LogP contribution in [0, 0.1) is 0 Å². The van der Waals surface area contributed by atoms with Crippen LogP contribution < -0.4 is 10.6 Å². The van der Waals surface area contributed by atoms with Gasteiger partial charge in [0.15, 0.2) is 0 Å². The molecule has 0 unspecified atom stereocenters. The number of hydrogen-bond acceptors (Lipinski definition) is 2. The lowest BCUT2D eigenvalue weighted by atomic mass is 10.3. The van der Waals surface area contributed by atoms with E-state index in [0.717, 1.165) is 31.6 Å². The minimum absolute atomic E-state index is 0.0868. The van der Waals surface area contributed by atoms with Crippen molar-refractivity contribution in [1.29, 1.82) is 0 Å². The summed E-state index contributed by atoms with van der Waals surface area (Å²) in [6.45, 7) is 3.43. The summed E-state index contributed by atoms with van der Waals surface area (Å²) in [4.78, 5) is 18.2. The number of imidazole rings is 1. The van der Waals surface area contributed by atoms with Crippen LogP contribution in [0.2, 0.25) is 0 Å². The molecule has 3 N–H and O–H groups in total. The fourth-order valence-electron chi connectivity index (χ4n) is 1.19. The first-order valence-corrected chi connectivity index (χ1v) is 5.33. The van der Waals surface area contributed by atoms with Crippen molar-refractivity contribution in [2.45, 2.75) is 26.2 Å². The summed E-state index contributed by atoms with van der Waals surface area (Å²) >= 11 is 0. The summed E-state index contributed by atoms with van der Waals surface area (Å²) < 4.78 is 0. The molecular formula is C10H18N4O. The Hall–Kier alpha value is -1.52.